The lowest BCUT2D eigenvalue weighted by molar-refractivity contribution is -0.119. The van der Waals surface area contributed by atoms with E-state index in [2.05, 4.69) is 11.2 Å². The molecule has 9 heteroatoms. The number of rotatable bonds is 6. The van der Waals surface area contributed by atoms with Crippen molar-refractivity contribution in [2.45, 2.75) is 31.8 Å². The summed E-state index contributed by atoms with van der Waals surface area (Å²) < 4.78 is 37.9. The van der Waals surface area contributed by atoms with E-state index >= 15 is 0 Å². The monoisotopic (exact) mass is 422 g/mol. The number of carbonyl (C=O) groups is 2. The second-order valence-electron chi connectivity index (χ2n) is 7.27. The minimum Gasteiger partial charge on any atom is -0.442 e. The van der Waals surface area contributed by atoms with Crippen molar-refractivity contribution in [1.82, 2.24) is 5.32 Å². The standard InChI is InChI=1S/C20H24FN2O5P/c1-3-8-27-29(26)9-6-15(7-10-29)18-5-4-16(11-19(18)21)23-13-17(28-20(23)25)12-22-14(2)24/h1,4-5,11,15,17H,6-10,12-13H2,2H3,(H,22,24)/t15?,17-,29?/m0/s1. The van der Waals surface area contributed by atoms with Gasteiger partial charge in [0.05, 0.1) is 18.8 Å². The van der Waals surface area contributed by atoms with Gasteiger partial charge in [0.1, 0.15) is 18.5 Å². The lowest BCUT2D eigenvalue weighted by Gasteiger charge is -2.29. The molecule has 1 aromatic rings. The lowest BCUT2D eigenvalue weighted by Crippen LogP contribution is -2.33. The third-order valence-corrected chi connectivity index (χ3v) is 7.69. The van der Waals surface area contributed by atoms with Crippen molar-refractivity contribution in [2.75, 3.05) is 36.9 Å². The number of ether oxygens (including phenoxy) is 1. The quantitative estimate of drug-likeness (QED) is 0.563. The zero-order valence-corrected chi connectivity index (χ0v) is 17.1. The van der Waals surface area contributed by atoms with E-state index in [1.807, 2.05) is 0 Å². The molecule has 0 bridgehead atoms. The van der Waals surface area contributed by atoms with Gasteiger partial charge in [0, 0.05) is 19.2 Å². The van der Waals surface area contributed by atoms with Crippen molar-refractivity contribution < 1.29 is 27.8 Å². The van der Waals surface area contributed by atoms with Crippen LogP contribution in [0.15, 0.2) is 18.2 Å². The molecular formula is C20H24FN2O5P. The third-order valence-electron chi connectivity index (χ3n) is 5.21. The molecule has 7 nitrogen and oxygen atoms in total. The highest BCUT2D eigenvalue weighted by molar-refractivity contribution is 7.59. The topological polar surface area (TPSA) is 84.9 Å². The Morgan fingerprint density at radius 1 is 1.45 bits per heavy atom. The SMILES string of the molecule is C#CCOP1(=O)CCC(c2ccc(N3C[C@H](CNC(C)=O)OC3=O)cc2F)CC1. The van der Waals surface area contributed by atoms with Crippen LogP contribution in [0, 0.1) is 18.2 Å². The van der Waals surface area contributed by atoms with Crippen LogP contribution in [0.2, 0.25) is 0 Å². The van der Waals surface area contributed by atoms with E-state index < -0.39 is 25.4 Å². The van der Waals surface area contributed by atoms with Crippen molar-refractivity contribution in [3.63, 3.8) is 0 Å². The summed E-state index contributed by atoms with van der Waals surface area (Å²) in [6.45, 7) is 1.85. The lowest BCUT2D eigenvalue weighted by atomic mass is 9.93. The van der Waals surface area contributed by atoms with E-state index in [1.165, 1.54) is 17.9 Å². The highest BCUT2D eigenvalue weighted by Gasteiger charge is 2.35. The number of carbonyl (C=O) groups excluding carboxylic acids is 2. The molecule has 0 aromatic heterocycles. The molecule has 0 unspecified atom stereocenters. The largest absolute Gasteiger partial charge is 0.442 e. The molecule has 0 aliphatic carbocycles. The molecule has 2 aliphatic rings. The molecule has 0 spiro atoms. The first-order valence-electron chi connectivity index (χ1n) is 9.49. The first kappa shape index (κ1) is 21.4. The van der Waals surface area contributed by atoms with Crippen LogP contribution in [0.5, 0.6) is 0 Å². The molecule has 1 N–H and O–H groups in total. The van der Waals surface area contributed by atoms with E-state index in [0.29, 0.717) is 36.4 Å². The Bertz CT molecular complexity index is 872. The number of anilines is 1. The molecule has 29 heavy (non-hydrogen) atoms. The first-order chi connectivity index (χ1) is 13.8. The van der Waals surface area contributed by atoms with Crippen LogP contribution < -0.4 is 10.2 Å². The third kappa shape index (κ3) is 5.17. The van der Waals surface area contributed by atoms with Gasteiger partial charge in [-0.2, -0.15) is 0 Å². The molecule has 2 heterocycles. The number of benzene rings is 1. The number of amides is 2. The predicted octanol–water partition coefficient (Wildman–Crippen LogP) is 3.09. The predicted molar refractivity (Wildman–Crippen MR) is 107 cm³/mol. The van der Waals surface area contributed by atoms with Gasteiger partial charge >= 0.3 is 6.09 Å². The summed E-state index contributed by atoms with van der Waals surface area (Å²) in [6.07, 6.45) is 5.98. The average molecular weight is 422 g/mol. The number of halogens is 1. The van der Waals surface area contributed by atoms with Gasteiger partial charge < -0.3 is 14.6 Å². The smallest absolute Gasteiger partial charge is 0.414 e. The fourth-order valence-electron chi connectivity index (χ4n) is 3.67. The number of terminal acetylenes is 1. The Morgan fingerprint density at radius 3 is 2.79 bits per heavy atom. The van der Waals surface area contributed by atoms with Gasteiger partial charge in [0.15, 0.2) is 0 Å². The Morgan fingerprint density at radius 2 is 2.17 bits per heavy atom. The normalized spacial score (nSPS) is 26.7. The number of cyclic esters (lactones) is 1. The van der Waals surface area contributed by atoms with Crippen LogP contribution in [0.3, 0.4) is 0 Å². The van der Waals surface area contributed by atoms with Crippen LogP contribution in [-0.4, -0.2) is 50.1 Å². The highest BCUT2D eigenvalue weighted by Crippen LogP contribution is 2.54. The molecule has 0 saturated carbocycles. The van der Waals surface area contributed by atoms with Crippen molar-refractivity contribution in [3.05, 3.63) is 29.6 Å². The van der Waals surface area contributed by atoms with E-state index in [4.69, 9.17) is 15.7 Å². The number of hydrogen-bond acceptors (Lipinski definition) is 5. The summed E-state index contributed by atoms with van der Waals surface area (Å²) >= 11 is 0. The molecule has 2 saturated heterocycles. The van der Waals surface area contributed by atoms with Crippen molar-refractivity contribution >= 4 is 25.1 Å². The molecule has 1 aromatic carbocycles. The molecule has 2 fully saturated rings. The fraction of sp³-hybridized carbons (Fsp3) is 0.500. The van der Waals surface area contributed by atoms with Gasteiger partial charge in [0.25, 0.3) is 0 Å². The van der Waals surface area contributed by atoms with Crippen LogP contribution in [0.4, 0.5) is 14.9 Å². The van der Waals surface area contributed by atoms with Crippen LogP contribution >= 0.6 is 7.37 Å². The molecule has 156 valence electrons. The van der Waals surface area contributed by atoms with Crippen molar-refractivity contribution in [1.29, 1.82) is 0 Å². The fourth-order valence-corrected chi connectivity index (χ4v) is 5.87. The van der Waals surface area contributed by atoms with Crippen LogP contribution in [0.1, 0.15) is 31.2 Å². The summed E-state index contributed by atoms with van der Waals surface area (Å²) in [7, 11) is -2.72. The molecule has 3 rings (SSSR count). The Hall–Kier alpha value is -2.36. The minimum atomic E-state index is -2.72. The van der Waals surface area contributed by atoms with Gasteiger partial charge in [-0.3, -0.25) is 14.3 Å². The summed E-state index contributed by atoms with van der Waals surface area (Å²) in [5.41, 5.74) is 0.944. The van der Waals surface area contributed by atoms with E-state index in [9.17, 15) is 18.5 Å². The molecule has 2 aliphatic heterocycles. The Kier molecular flexibility index (Phi) is 6.61. The van der Waals surface area contributed by atoms with Gasteiger partial charge in [-0.25, -0.2) is 9.18 Å². The van der Waals surface area contributed by atoms with Gasteiger partial charge in [-0.05, 0) is 36.5 Å². The number of nitrogens with one attached hydrogen (secondary N) is 1. The van der Waals surface area contributed by atoms with Crippen molar-refractivity contribution in [3.8, 4) is 12.3 Å². The molecule has 1 atom stereocenters. The maximum Gasteiger partial charge on any atom is 0.414 e. The van der Waals surface area contributed by atoms with E-state index in [-0.39, 0.29) is 31.5 Å². The average Bonchev–Trinajstić information content (AvgIpc) is 3.06. The maximum atomic E-state index is 14.8. The van der Waals surface area contributed by atoms with Gasteiger partial charge in [-0.1, -0.05) is 12.0 Å². The number of hydrogen-bond donors (Lipinski definition) is 1. The second kappa shape index (κ2) is 8.98. The molecule has 0 radical (unpaired) electrons. The van der Waals surface area contributed by atoms with Gasteiger partial charge in [-0.15, -0.1) is 6.42 Å². The zero-order valence-electron chi connectivity index (χ0n) is 16.2. The van der Waals surface area contributed by atoms with Crippen LogP contribution in [-0.2, 0) is 18.6 Å². The number of nitrogens with zero attached hydrogens (tertiary/aromatic N) is 1. The minimum absolute atomic E-state index is 0.0276. The maximum absolute atomic E-state index is 14.8. The summed E-state index contributed by atoms with van der Waals surface area (Å²) in [5.74, 6) is 1.65. The zero-order chi connectivity index (χ0) is 21.0. The van der Waals surface area contributed by atoms with Gasteiger partial charge in [0.2, 0.25) is 13.3 Å². The van der Waals surface area contributed by atoms with E-state index in [0.717, 1.165) is 0 Å². The highest BCUT2D eigenvalue weighted by atomic mass is 31.2. The summed E-state index contributed by atoms with van der Waals surface area (Å²) in [6, 6.07) is 4.67. The van der Waals surface area contributed by atoms with Crippen molar-refractivity contribution in [2.24, 2.45) is 0 Å². The molecular weight excluding hydrogens is 398 g/mol. The Balaban J connectivity index is 1.64. The Labute approximate surface area is 169 Å². The summed E-state index contributed by atoms with van der Waals surface area (Å²) in [5, 5.41) is 2.60. The van der Waals surface area contributed by atoms with E-state index in [1.54, 1.807) is 12.1 Å². The summed E-state index contributed by atoms with van der Waals surface area (Å²) in [4.78, 5) is 24.5. The molecule has 2 amide bonds. The van der Waals surface area contributed by atoms with Crippen LogP contribution in [0.25, 0.3) is 0 Å². The first-order valence-corrected chi connectivity index (χ1v) is 11.5. The second-order valence-corrected chi connectivity index (χ2v) is 10.1.